The van der Waals surface area contributed by atoms with E-state index in [1.54, 1.807) is 13.2 Å². The molecule has 2 aliphatic rings. The van der Waals surface area contributed by atoms with Gasteiger partial charge in [0.05, 0.1) is 24.6 Å². The summed E-state index contributed by atoms with van der Waals surface area (Å²) < 4.78 is 5.57. The maximum absolute atomic E-state index is 12.8. The first-order valence-electron chi connectivity index (χ1n) is 9.87. The van der Waals surface area contributed by atoms with Gasteiger partial charge >= 0.3 is 0 Å². The summed E-state index contributed by atoms with van der Waals surface area (Å²) >= 11 is 1.49. The Morgan fingerprint density at radius 1 is 1.24 bits per heavy atom. The predicted octanol–water partition coefficient (Wildman–Crippen LogP) is 3.31. The fourth-order valence-electron chi connectivity index (χ4n) is 3.95. The van der Waals surface area contributed by atoms with Crippen molar-refractivity contribution in [1.82, 2.24) is 10.2 Å². The van der Waals surface area contributed by atoms with Crippen molar-refractivity contribution in [2.45, 2.75) is 23.8 Å². The van der Waals surface area contributed by atoms with Crippen LogP contribution in [0.15, 0.2) is 47.4 Å². The second-order valence-electron chi connectivity index (χ2n) is 7.26. The van der Waals surface area contributed by atoms with Gasteiger partial charge in [0.2, 0.25) is 5.91 Å². The summed E-state index contributed by atoms with van der Waals surface area (Å²) in [4.78, 5) is 27.9. The Labute approximate surface area is 175 Å². The van der Waals surface area contributed by atoms with E-state index in [0.717, 1.165) is 29.3 Å². The van der Waals surface area contributed by atoms with Gasteiger partial charge in [0.1, 0.15) is 5.75 Å². The number of rotatable bonds is 6. The van der Waals surface area contributed by atoms with Crippen molar-refractivity contribution in [2.24, 2.45) is 0 Å². The molecule has 2 aromatic rings. The molecule has 0 bridgehead atoms. The predicted molar refractivity (Wildman–Crippen MR) is 115 cm³/mol. The van der Waals surface area contributed by atoms with Crippen LogP contribution in [-0.4, -0.2) is 49.2 Å². The number of amides is 2. The molecule has 1 atom stereocenters. The summed E-state index contributed by atoms with van der Waals surface area (Å²) in [5.41, 5.74) is 2.35. The molecule has 0 saturated carbocycles. The smallest absolute Gasteiger partial charge is 0.251 e. The molecule has 0 radical (unpaired) electrons. The molecular formula is C22H25N3O3S. The molecule has 2 aliphatic heterocycles. The lowest BCUT2D eigenvalue weighted by Crippen LogP contribution is -2.37. The van der Waals surface area contributed by atoms with E-state index in [-0.39, 0.29) is 17.9 Å². The van der Waals surface area contributed by atoms with Crippen LogP contribution in [0.4, 0.5) is 5.69 Å². The first-order chi connectivity index (χ1) is 14.2. The minimum atomic E-state index is -0.142. The Hall–Kier alpha value is -2.51. The minimum absolute atomic E-state index is 0.0367. The molecule has 0 unspecified atom stereocenters. The Balaban J connectivity index is 1.51. The van der Waals surface area contributed by atoms with Crippen molar-refractivity contribution >= 4 is 29.3 Å². The number of carbonyl (C=O) groups is 2. The summed E-state index contributed by atoms with van der Waals surface area (Å²) in [6, 6.07) is 13.5. The molecule has 2 aromatic carbocycles. The van der Waals surface area contributed by atoms with Gasteiger partial charge in [0, 0.05) is 22.6 Å². The van der Waals surface area contributed by atoms with Gasteiger partial charge in [0.15, 0.2) is 0 Å². The maximum atomic E-state index is 12.8. The monoisotopic (exact) mass is 411 g/mol. The molecule has 0 spiro atoms. The molecule has 0 aromatic heterocycles. The summed E-state index contributed by atoms with van der Waals surface area (Å²) in [6.07, 6.45) is 2.34. The van der Waals surface area contributed by atoms with E-state index in [2.05, 4.69) is 21.6 Å². The van der Waals surface area contributed by atoms with Crippen LogP contribution in [0, 0.1) is 0 Å². The number of nitrogens with zero attached hydrogens (tertiary/aromatic N) is 1. The van der Waals surface area contributed by atoms with Gasteiger partial charge in [-0.25, -0.2) is 0 Å². The van der Waals surface area contributed by atoms with Crippen molar-refractivity contribution in [3.63, 3.8) is 0 Å². The fourth-order valence-corrected chi connectivity index (χ4v) is 4.74. The molecule has 0 aliphatic carbocycles. The lowest BCUT2D eigenvalue weighted by molar-refractivity contribution is -0.113. The van der Waals surface area contributed by atoms with Crippen molar-refractivity contribution in [1.29, 1.82) is 0 Å². The highest BCUT2D eigenvalue weighted by Crippen LogP contribution is 2.33. The first-order valence-corrected chi connectivity index (χ1v) is 10.9. The van der Waals surface area contributed by atoms with Crippen LogP contribution in [0.2, 0.25) is 0 Å². The van der Waals surface area contributed by atoms with E-state index in [0.29, 0.717) is 23.5 Å². The van der Waals surface area contributed by atoms with Gasteiger partial charge in [-0.2, -0.15) is 0 Å². The number of fused-ring (bicyclic) bond motifs is 1. The van der Waals surface area contributed by atoms with E-state index < -0.39 is 0 Å². The van der Waals surface area contributed by atoms with E-state index >= 15 is 0 Å². The Morgan fingerprint density at radius 2 is 2.03 bits per heavy atom. The molecule has 2 N–H and O–H groups in total. The van der Waals surface area contributed by atoms with Gasteiger partial charge in [0.25, 0.3) is 5.91 Å². The number of para-hydroxylation sites is 1. The van der Waals surface area contributed by atoms with Gasteiger partial charge in [-0.15, -0.1) is 11.8 Å². The highest BCUT2D eigenvalue weighted by Gasteiger charge is 2.26. The van der Waals surface area contributed by atoms with Crippen LogP contribution in [0.1, 0.15) is 34.8 Å². The van der Waals surface area contributed by atoms with Crippen LogP contribution in [0.3, 0.4) is 0 Å². The van der Waals surface area contributed by atoms with Crippen molar-refractivity contribution in [3.8, 4) is 5.75 Å². The number of hydrogen-bond donors (Lipinski definition) is 2. The number of anilines is 1. The Morgan fingerprint density at radius 3 is 2.83 bits per heavy atom. The van der Waals surface area contributed by atoms with E-state index in [1.165, 1.54) is 24.6 Å². The average molecular weight is 412 g/mol. The molecule has 1 fully saturated rings. The molecule has 7 heteroatoms. The highest BCUT2D eigenvalue weighted by molar-refractivity contribution is 8.00. The number of carbonyl (C=O) groups excluding carboxylic acids is 2. The zero-order valence-electron chi connectivity index (χ0n) is 16.4. The molecule has 2 heterocycles. The van der Waals surface area contributed by atoms with E-state index in [9.17, 15) is 9.59 Å². The van der Waals surface area contributed by atoms with Gasteiger partial charge < -0.3 is 15.4 Å². The van der Waals surface area contributed by atoms with Gasteiger partial charge in [-0.3, -0.25) is 14.5 Å². The second-order valence-corrected chi connectivity index (χ2v) is 8.28. The third-order valence-electron chi connectivity index (χ3n) is 5.41. The largest absolute Gasteiger partial charge is 0.496 e. The third-order valence-corrected chi connectivity index (χ3v) is 6.48. The van der Waals surface area contributed by atoms with Crippen LogP contribution in [0.5, 0.6) is 5.75 Å². The number of nitrogens with one attached hydrogen (secondary N) is 2. The maximum Gasteiger partial charge on any atom is 0.251 e. The molecule has 152 valence electrons. The number of likely N-dealkylation sites (tertiary alicyclic amines) is 1. The van der Waals surface area contributed by atoms with Crippen LogP contribution < -0.4 is 15.4 Å². The number of benzene rings is 2. The van der Waals surface area contributed by atoms with Gasteiger partial charge in [-0.05, 0) is 50.2 Å². The summed E-state index contributed by atoms with van der Waals surface area (Å²) in [6.45, 7) is 2.53. The average Bonchev–Trinajstić information content (AvgIpc) is 3.28. The highest BCUT2D eigenvalue weighted by atomic mass is 32.2. The van der Waals surface area contributed by atoms with Gasteiger partial charge in [-0.1, -0.05) is 18.2 Å². The van der Waals surface area contributed by atoms with Crippen LogP contribution in [0.25, 0.3) is 0 Å². The van der Waals surface area contributed by atoms with Crippen LogP contribution >= 0.6 is 11.8 Å². The minimum Gasteiger partial charge on any atom is -0.496 e. The summed E-state index contributed by atoms with van der Waals surface area (Å²) in [5, 5.41) is 5.93. The van der Waals surface area contributed by atoms with E-state index in [1.807, 2.05) is 30.3 Å². The van der Waals surface area contributed by atoms with Crippen molar-refractivity contribution < 1.29 is 14.3 Å². The molecule has 29 heavy (non-hydrogen) atoms. The normalized spacial score (nSPS) is 17.3. The first kappa shape index (κ1) is 19.8. The fraction of sp³-hybridized carbons (Fsp3) is 0.364. The van der Waals surface area contributed by atoms with Crippen LogP contribution in [-0.2, 0) is 4.79 Å². The zero-order valence-corrected chi connectivity index (χ0v) is 17.3. The number of hydrogen-bond acceptors (Lipinski definition) is 5. The third kappa shape index (κ3) is 4.41. The molecule has 1 saturated heterocycles. The molecule has 6 nitrogen and oxygen atoms in total. The number of ether oxygens (including phenoxy) is 1. The standard InChI is InChI=1S/C22H25N3O3S/c1-28-19-7-3-2-6-16(19)18(25-10-4-5-11-25)13-23-22(27)15-8-9-20-17(12-15)24-21(26)14-29-20/h2-3,6-9,12,18H,4-5,10-11,13-14H2,1H3,(H,23,27)(H,24,26)/t18-/m0/s1. The van der Waals surface area contributed by atoms with E-state index in [4.69, 9.17) is 4.74 Å². The number of thioether (sulfide) groups is 1. The van der Waals surface area contributed by atoms with Crippen molar-refractivity contribution in [3.05, 3.63) is 53.6 Å². The Kier molecular flexibility index (Phi) is 6.06. The lowest BCUT2D eigenvalue weighted by Gasteiger charge is -2.29. The molecule has 2 amide bonds. The van der Waals surface area contributed by atoms with Crippen molar-refractivity contribution in [2.75, 3.05) is 37.8 Å². The molecule has 4 rings (SSSR count). The Bertz CT molecular complexity index is 912. The zero-order chi connectivity index (χ0) is 20.2. The topological polar surface area (TPSA) is 70.7 Å². The SMILES string of the molecule is COc1ccccc1[C@H](CNC(=O)c1ccc2c(c1)NC(=O)CS2)N1CCCC1. The quantitative estimate of drug-likeness (QED) is 0.763. The summed E-state index contributed by atoms with van der Waals surface area (Å²) in [7, 11) is 1.68. The second kappa shape index (κ2) is 8.88. The molecular weight excluding hydrogens is 386 g/mol. The number of methoxy groups -OCH3 is 1. The lowest BCUT2D eigenvalue weighted by atomic mass is 10.0. The summed E-state index contributed by atoms with van der Waals surface area (Å²) in [5.74, 6) is 1.07.